The SMILES string of the molecule is C=C/C(=C\C=C(/C)NC(C)C)C(C)C. The number of hydrogen-bond acceptors (Lipinski definition) is 1. The molecule has 0 radical (unpaired) electrons. The zero-order valence-electron chi connectivity index (χ0n) is 10.1. The van der Waals surface area contributed by atoms with Crippen molar-refractivity contribution in [3.63, 3.8) is 0 Å². The van der Waals surface area contributed by atoms with Gasteiger partial charge in [0, 0.05) is 11.7 Å². The Balaban J connectivity index is 4.41. The summed E-state index contributed by atoms with van der Waals surface area (Å²) in [6.07, 6.45) is 6.16. The fourth-order valence-electron chi connectivity index (χ4n) is 1.22. The Hall–Kier alpha value is -0.980. The topological polar surface area (TPSA) is 12.0 Å². The van der Waals surface area contributed by atoms with Gasteiger partial charge < -0.3 is 5.32 Å². The molecule has 0 aromatic heterocycles. The number of hydrogen-bond donors (Lipinski definition) is 1. The van der Waals surface area contributed by atoms with E-state index in [4.69, 9.17) is 0 Å². The molecule has 0 heterocycles. The van der Waals surface area contributed by atoms with Gasteiger partial charge in [-0.15, -0.1) is 0 Å². The lowest BCUT2D eigenvalue weighted by Crippen LogP contribution is -2.19. The van der Waals surface area contributed by atoms with Crippen LogP contribution in [0, 0.1) is 5.92 Å². The molecular weight excluding hydrogens is 170 g/mol. The first kappa shape index (κ1) is 13.0. The van der Waals surface area contributed by atoms with Gasteiger partial charge in [0.1, 0.15) is 0 Å². The predicted octanol–water partition coefficient (Wildman–Crippen LogP) is 3.66. The van der Waals surface area contributed by atoms with Crippen molar-refractivity contribution in [1.29, 1.82) is 0 Å². The predicted molar refractivity (Wildman–Crippen MR) is 65.1 cm³/mol. The molecule has 1 N–H and O–H groups in total. The first-order chi connectivity index (χ1) is 6.47. The summed E-state index contributed by atoms with van der Waals surface area (Å²) < 4.78 is 0. The Morgan fingerprint density at radius 1 is 1.14 bits per heavy atom. The summed E-state index contributed by atoms with van der Waals surface area (Å²) in [7, 11) is 0. The van der Waals surface area contributed by atoms with Crippen LogP contribution in [0.1, 0.15) is 34.6 Å². The van der Waals surface area contributed by atoms with Gasteiger partial charge in [-0.1, -0.05) is 32.6 Å². The molecule has 0 aromatic carbocycles. The summed E-state index contributed by atoms with van der Waals surface area (Å²) >= 11 is 0. The summed E-state index contributed by atoms with van der Waals surface area (Å²) in [6.45, 7) is 14.5. The number of allylic oxidation sites excluding steroid dienone is 5. The molecule has 0 saturated heterocycles. The molecule has 0 aliphatic heterocycles. The Bertz CT molecular complexity index is 232. The lowest BCUT2D eigenvalue weighted by molar-refractivity contribution is 0.669. The Morgan fingerprint density at radius 2 is 1.71 bits per heavy atom. The fourth-order valence-corrected chi connectivity index (χ4v) is 1.22. The normalized spacial score (nSPS) is 13.6. The molecule has 0 fully saturated rings. The lowest BCUT2D eigenvalue weighted by atomic mass is 10.0. The van der Waals surface area contributed by atoms with E-state index in [9.17, 15) is 0 Å². The van der Waals surface area contributed by atoms with Crippen LogP contribution in [-0.4, -0.2) is 6.04 Å². The van der Waals surface area contributed by atoms with Crippen molar-refractivity contribution >= 4 is 0 Å². The van der Waals surface area contributed by atoms with E-state index in [1.807, 2.05) is 6.08 Å². The molecule has 0 rings (SSSR count). The van der Waals surface area contributed by atoms with E-state index in [2.05, 4.69) is 58.7 Å². The minimum Gasteiger partial charge on any atom is -0.386 e. The molecule has 0 unspecified atom stereocenters. The highest BCUT2D eigenvalue weighted by Crippen LogP contribution is 2.10. The maximum absolute atomic E-state index is 3.80. The second-order valence-corrected chi connectivity index (χ2v) is 4.17. The van der Waals surface area contributed by atoms with Crippen molar-refractivity contribution in [2.75, 3.05) is 0 Å². The molecule has 0 aliphatic carbocycles. The summed E-state index contributed by atoms with van der Waals surface area (Å²) in [6, 6.07) is 0.492. The van der Waals surface area contributed by atoms with Gasteiger partial charge in [0.2, 0.25) is 0 Å². The van der Waals surface area contributed by atoms with Crippen LogP contribution in [0.15, 0.2) is 36.1 Å². The summed E-state index contributed by atoms with van der Waals surface area (Å²) in [5, 5.41) is 3.34. The Labute approximate surface area is 88.6 Å². The van der Waals surface area contributed by atoms with Crippen molar-refractivity contribution in [1.82, 2.24) is 5.32 Å². The van der Waals surface area contributed by atoms with Gasteiger partial charge in [0.05, 0.1) is 0 Å². The van der Waals surface area contributed by atoms with E-state index < -0.39 is 0 Å². The Kier molecular flexibility index (Phi) is 6.02. The minimum atomic E-state index is 0.492. The first-order valence-corrected chi connectivity index (χ1v) is 5.24. The van der Waals surface area contributed by atoms with E-state index in [0.29, 0.717) is 12.0 Å². The molecule has 14 heavy (non-hydrogen) atoms. The van der Waals surface area contributed by atoms with Crippen molar-refractivity contribution in [3.05, 3.63) is 36.1 Å². The Morgan fingerprint density at radius 3 is 2.07 bits per heavy atom. The van der Waals surface area contributed by atoms with Crippen LogP contribution in [-0.2, 0) is 0 Å². The average Bonchev–Trinajstić information content (AvgIpc) is 2.03. The van der Waals surface area contributed by atoms with E-state index in [1.54, 1.807) is 0 Å². The second-order valence-electron chi connectivity index (χ2n) is 4.17. The van der Waals surface area contributed by atoms with Gasteiger partial charge in [-0.3, -0.25) is 0 Å². The van der Waals surface area contributed by atoms with Crippen LogP contribution >= 0.6 is 0 Å². The molecule has 80 valence electrons. The third-order valence-electron chi connectivity index (χ3n) is 1.94. The number of rotatable bonds is 5. The highest BCUT2D eigenvalue weighted by atomic mass is 14.9. The van der Waals surface area contributed by atoms with Crippen LogP contribution in [0.3, 0.4) is 0 Å². The molecule has 0 atom stereocenters. The maximum atomic E-state index is 3.80. The molecule has 0 aliphatic rings. The van der Waals surface area contributed by atoms with Crippen LogP contribution in [0.4, 0.5) is 0 Å². The largest absolute Gasteiger partial charge is 0.386 e. The third-order valence-corrected chi connectivity index (χ3v) is 1.94. The van der Waals surface area contributed by atoms with Crippen molar-refractivity contribution in [2.24, 2.45) is 5.92 Å². The molecule has 0 saturated carbocycles. The van der Waals surface area contributed by atoms with Crippen molar-refractivity contribution in [2.45, 2.75) is 40.7 Å². The van der Waals surface area contributed by atoms with Crippen LogP contribution in [0.2, 0.25) is 0 Å². The number of nitrogens with one attached hydrogen (secondary N) is 1. The molecular formula is C13H23N. The molecule has 0 bridgehead atoms. The van der Waals surface area contributed by atoms with Crippen LogP contribution in [0.5, 0.6) is 0 Å². The first-order valence-electron chi connectivity index (χ1n) is 5.24. The summed E-state index contributed by atoms with van der Waals surface area (Å²) in [5.41, 5.74) is 2.47. The lowest BCUT2D eigenvalue weighted by Gasteiger charge is -2.09. The highest BCUT2D eigenvalue weighted by Gasteiger charge is 1.96. The maximum Gasteiger partial charge on any atom is 0.0201 e. The standard InChI is InChI=1S/C13H23N/c1-7-13(10(2)3)9-8-12(6)14-11(4)5/h7-11,14H,1H2,2-6H3/b12-8+,13-9+. The zero-order valence-corrected chi connectivity index (χ0v) is 10.1. The van der Waals surface area contributed by atoms with Gasteiger partial charge in [-0.05, 0) is 38.3 Å². The molecule has 0 amide bonds. The monoisotopic (exact) mass is 193 g/mol. The summed E-state index contributed by atoms with van der Waals surface area (Å²) in [4.78, 5) is 0. The smallest absolute Gasteiger partial charge is 0.0201 e. The molecule has 1 nitrogen and oxygen atoms in total. The van der Waals surface area contributed by atoms with E-state index in [0.717, 1.165) is 0 Å². The fraction of sp³-hybridized carbons (Fsp3) is 0.538. The van der Waals surface area contributed by atoms with Gasteiger partial charge in [0.25, 0.3) is 0 Å². The molecule has 1 heteroatoms. The van der Waals surface area contributed by atoms with Crippen LogP contribution in [0.25, 0.3) is 0 Å². The highest BCUT2D eigenvalue weighted by molar-refractivity contribution is 5.25. The average molecular weight is 193 g/mol. The van der Waals surface area contributed by atoms with Gasteiger partial charge >= 0.3 is 0 Å². The van der Waals surface area contributed by atoms with Crippen molar-refractivity contribution in [3.8, 4) is 0 Å². The van der Waals surface area contributed by atoms with E-state index in [-0.39, 0.29) is 0 Å². The van der Waals surface area contributed by atoms with Crippen LogP contribution < -0.4 is 5.32 Å². The quantitative estimate of drug-likeness (QED) is 0.657. The molecule has 0 aromatic rings. The van der Waals surface area contributed by atoms with E-state index >= 15 is 0 Å². The van der Waals surface area contributed by atoms with Gasteiger partial charge in [0.15, 0.2) is 0 Å². The second kappa shape index (κ2) is 6.47. The van der Waals surface area contributed by atoms with E-state index in [1.165, 1.54) is 11.3 Å². The molecule has 0 spiro atoms. The third kappa shape index (κ3) is 5.63. The minimum absolute atomic E-state index is 0.492. The van der Waals surface area contributed by atoms with Gasteiger partial charge in [-0.2, -0.15) is 0 Å². The summed E-state index contributed by atoms with van der Waals surface area (Å²) in [5.74, 6) is 0.538. The van der Waals surface area contributed by atoms with Crippen molar-refractivity contribution < 1.29 is 0 Å². The zero-order chi connectivity index (χ0) is 11.1. The van der Waals surface area contributed by atoms with Gasteiger partial charge in [-0.25, -0.2) is 0 Å².